The van der Waals surface area contributed by atoms with Crippen LogP contribution in [0.5, 0.6) is 0 Å². The minimum Gasteiger partial charge on any atom is -0.768 e. The molecule has 0 radical (unpaired) electrons. The van der Waals surface area contributed by atoms with Gasteiger partial charge < -0.3 is 4.55 Å². The number of hydrogen-bond donors (Lipinski definition) is 0. The Morgan fingerprint density at radius 3 is 2.64 bits per heavy atom. The van der Waals surface area contributed by atoms with E-state index in [1.807, 2.05) is 0 Å². The second-order valence-electron chi connectivity index (χ2n) is 1.81. The van der Waals surface area contributed by atoms with Gasteiger partial charge in [-0.2, -0.15) is 0 Å². The molecule has 0 bridgehead atoms. The number of hydrogen-bond acceptors (Lipinski definition) is 2. The normalized spacial score (nSPS) is 13.0. The molecule has 0 saturated carbocycles. The largest absolute Gasteiger partial charge is 0.768 e. The molecular weight excluding hydrogens is 191 g/mol. The van der Waals surface area contributed by atoms with Gasteiger partial charge in [-0.15, -0.1) is 0 Å². The SMILES string of the molecule is O=S([O-])c1ccc(F)c(Cl)c1. The number of rotatable bonds is 1. The summed E-state index contributed by atoms with van der Waals surface area (Å²) in [5.41, 5.74) is 0. The molecule has 5 heteroatoms. The Hall–Kier alpha value is -0.450. The van der Waals surface area contributed by atoms with E-state index in [0.717, 1.165) is 18.2 Å². The minimum atomic E-state index is -2.35. The van der Waals surface area contributed by atoms with Crippen molar-refractivity contribution in [3.8, 4) is 0 Å². The maximum atomic E-state index is 12.4. The molecule has 0 saturated heterocycles. The van der Waals surface area contributed by atoms with E-state index < -0.39 is 16.9 Å². The second kappa shape index (κ2) is 3.30. The van der Waals surface area contributed by atoms with Crippen molar-refractivity contribution in [3.63, 3.8) is 0 Å². The molecule has 2 nitrogen and oxygen atoms in total. The van der Waals surface area contributed by atoms with Gasteiger partial charge in [-0.05, 0) is 29.3 Å². The average Bonchev–Trinajstić information content (AvgIpc) is 1.94. The van der Waals surface area contributed by atoms with Crippen LogP contribution in [-0.4, -0.2) is 8.76 Å². The van der Waals surface area contributed by atoms with Crippen molar-refractivity contribution >= 4 is 22.7 Å². The van der Waals surface area contributed by atoms with Crippen molar-refractivity contribution in [2.24, 2.45) is 0 Å². The van der Waals surface area contributed by atoms with Gasteiger partial charge in [-0.1, -0.05) is 11.6 Å². The van der Waals surface area contributed by atoms with Crippen LogP contribution in [0, 0.1) is 5.82 Å². The Bertz CT molecular complexity index is 303. The molecule has 0 N–H and O–H groups in total. The van der Waals surface area contributed by atoms with Crippen LogP contribution >= 0.6 is 11.6 Å². The maximum Gasteiger partial charge on any atom is 0.141 e. The van der Waals surface area contributed by atoms with Crippen molar-refractivity contribution in [1.82, 2.24) is 0 Å². The van der Waals surface area contributed by atoms with E-state index in [4.69, 9.17) is 11.6 Å². The summed E-state index contributed by atoms with van der Waals surface area (Å²) < 4.78 is 33.0. The lowest BCUT2D eigenvalue weighted by atomic mass is 10.3. The van der Waals surface area contributed by atoms with Gasteiger partial charge >= 0.3 is 0 Å². The van der Waals surface area contributed by atoms with Crippen molar-refractivity contribution in [3.05, 3.63) is 29.0 Å². The lowest BCUT2D eigenvalue weighted by molar-refractivity contribution is 0.536. The maximum absolute atomic E-state index is 12.4. The Balaban J connectivity index is 3.15. The van der Waals surface area contributed by atoms with Crippen molar-refractivity contribution in [2.75, 3.05) is 0 Å². The molecule has 1 aromatic rings. The van der Waals surface area contributed by atoms with Crippen molar-refractivity contribution in [2.45, 2.75) is 4.90 Å². The molecule has 0 aromatic heterocycles. The highest BCUT2D eigenvalue weighted by atomic mass is 35.5. The Morgan fingerprint density at radius 2 is 2.18 bits per heavy atom. The minimum absolute atomic E-state index is 0.0172. The zero-order valence-electron chi connectivity index (χ0n) is 5.21. The van der Waals surface area contributed by atoms with Gasteiger partial charge in [0.15, 0.2) is 0 Å². The Labute approximate surface area is 70.3 Å². The van der Waals surface area contributed by atoms with Crippen LogP contribution < -0.4 is 0 Å². The molecule has 0 aliphatic carbocycles. The summed E-state index contributed by atoms with van der Waals surface area (Å²) in [5.74, 6) is -0.624. The van der Waals surface area contributed by atoms with Gasteiger partial charge in [-0.25, -0.2) is 4.39 Å². The Kier molecular flexibility index (Phi) is 2.59. The van der Waals surface area contributed by atoms with Gasteiger partial charge in [0.05, 0.1) is 5.02 Å². The molecule has 1 aromatic carbocycles. The summed E-state index contributed by atoms with van der Waals surface area (Å²) in [4.78, 5) is -0.0172. The molecule has 0 spiro atoms. The summed E-state index contributed by atoms with van der Waals surface area (Å²) in [7, 11) is 0. The molecule has 60 valence electrons. The molecule has 1 rings (SSSR count). The van der Waals surface area contributed by atoms with Crippen LogP contribution in [0.15, 0.2) is 23.1 Å². The highest BCUT2D eigenvalue weighted by Crippen LogP contribution is 2.17. The molecule has 11 heavy (non-hydrogen) atoms. The fraction of sp³-hybridized carbons (Fsp3) is 0. The van der Waals surface area contributed by atoms with E-state index in [1.165, 1.54) is 0 Å². The van der Waals surface area contributed by atoms with E-state index in [-0.39, 0.29) is 9.92 Å². The second-order valence-corrected chi connectivity index (χ2v) is 3.16. The molecule has 0 fully saturated rings. The molecule has 1 atom stereocenters. The smallest absolute Gasteiger partial charge is 0.141 e. The third-order valence-electron chi connectivity index (χ3n) is 1.08. The zero-order chi connectivity index (χ0) is 8.43. The average molecular weight is 194 g/mol. The highest BCUT2D eigenvalue weighted by molar-refractivity contribution is 7.79. The predicted octanol–water partition coefficient (Wildman–Crippen LogP) is 1.72. The lowest BCUT2D eigenvalue weighted by Crippen LogP contribution is -1.89. The Morgan fingerprint density at radius 1 is 1.55 bits per heavy atom. The fourth-order valence-corrected chi connectivity index (χ4v) is 1.22. The van der Waals surface area contributed by atoms with Gasteiger partial charge in [-0.3, -0.25) is 4.21 Å². The molecular formula is C6H3ClFO2S-. The van der Waals surface area contributed by atoms with Crippen LogP contribution in [0.4, 0.5) is 4.39 Å². The first-order chi connectivity index (χ1) is 5.11. The van der Waals surface area contributed by atoms with Gasteiger partial charge in [0.25, 0.3) is 0 Å². The quantitative estimate of drug-likeness (QED) is 0.638. The summed E-state index contributed by atoms with van der Waals surface area (Å²) in [5, 5.41) is -0.188. The standard InChI is InChI=1S/C6H4ClFO2S/c7-5-3-4(11(9)10)1-2-6(5)8/h1-3H,(H,9,10)/p-1. The number of halogens is 2. The molecule has 1 unspecified atom stereocenters. The lowest BCUT2D eigenvalue weighted by Gasteiger charge is -2.04. The summed E-state index contributed by atoms with van der Waals surface area (Å²) in [6.07, 6.45) is 0. The van der Waals surface area contributed by atoms with Crippen LogP contribution in [0.25, 0.3) is 0 Å². The van der Waals surface area contributed by atoms with E-state index in [9.17, 15) is 13.2 Å². The predicted molar refractivity (Wildman–Crippen MR) is 38.6 cm³/mol. The molecule has 0 aliphatic heterocycles. The van der Waals surface area contributed by atoms with Crippen LogP contribution in [0.2, 0.25) is 5.02 Å². The summed E-state index contributed by atoms with van der Waals surface area (Å²) >= 11 is 2.96. The first kappa shape index (κ1) is 8.64. The van der Waals surface area contributed by atoms with Gasteiger partial charge in [0.2, 0.25) is 0 Å². The van der Waals surface area contributed by atoms with Crippen LogP contribution in [0.3, 0.4) is 0 Å². The van der Waals surface area contributed by atoms with Crippen LogP contribution in [-0.2, 0) is 11.1 Å². The summed E-state index contributed by atoms with van der Waals surface area (Å²) in [6, 6.07) is 3.21. The topological polar surface area (TPSA) is 40.1 Å². The third-order valence-corrected chi connectivity index (χ3v) is 2.01. The molecule has 0 aliphatic rings. The van der Waals surface area contributed by atoms with E-state index in [2.05, 4.69) is 0 Å². The number of benzene rings is 1. The van der Waals surface area contributed by atoms with Gasteiger partial charge in [0, 0.05) is 4.90 Å². The van der Waals surface area contributed by atoms with Crippen molar-refractivity contribution in [1.29, 1.82) is 0 Å². The monoisotopic (exact) mass is 193 g/mol. The van der Waals surface area contributed by atoms with Crippen LogP contribution in [0.1, 0.15) is 0 Å². The summed E-state index contributed by atoms with van der Waals surface area (Å²) in [6.45, 7) is 0. The molecule has 0 heterocycles. The first-order valence-electron chi connectivity index (χ1n) is 2.65. The first-order valence-corrected chi connectivity index (χ1v) is 4.11. The third kappa shape index (κ3) is 1.99. The zero-order valence-corrected chi connectivity index (χ0v) is 6.79. The van der Waals surface area contributed by atoms with E-state index in [1.54, 1.807) is 0 Å². The van der Waals surface area contributed by atoms with Gasteiger partial charge in [0.1, 0.15) is 5.82 Å². The van der Waals surface area contributed by atoms with E-state index in [0.29, 0.717) is 0 Å². The fourth-order valence-electron chi connectivity index (χ4n) is 0.581. The van der Waals surface area contributed by atoms with Crippen molar-refractivity contribution < 1.29 is 13.2 Å². The van der Waals surface area contributed by atoms with E-state index >= 15 is 0 Å². The highest BCUT2D eigenvalue weighted by Gasteiger charge is 1.99. The molecule has 0 amide bonds.